The molecule has 0 amide bonds. The number of hydrogen-bond donors (Lipinski definition) is 1. The minimum Gasteiger partial charge on any atom is -0.465 e. The van der Waals surface area contributed by atoms with Crippen molar-refractivity contribution in [2.24, 2.45) is 0 Å². The van der Waals surface area contributed by atoms with Crippen molar-refractivity contribution in [3.63, 3.8) is 0 Å². The number of para-hydroxylation sites is 1. The standard InChI is InChI=1S/C21H19N3O3/c1-13-16(21(26)27-2)11-17-19(23-13)8-10-24(20(17)25)9-7-14-12-22-18-6-4-3-5-15(14)18/h3-6,8,10-12,22H,7,9H2,1-2H3. The number of fused-ring (bicyclic) bond motifs is 2. The monoisotopic (exact) mass is 361 g/mol. The molecule has 0 bridgehead atoms. The van der Waals surface area contributed by atoms with Crippen molar-refractivity contribution in [1.29, 1.82) is 0 Å². The molecular weight excluding hydrogens is 342 g/mol. The number of nitrogens with one attached hydrogen (secondary N) is 1. The predicted octanol–water partition coefficient (Wildman–Crippen LogP) is 3.22. The van der Waals surface area contributed by atoms with Gasteiger partial charge in [-0.1, -0.05) is 18.2 Å². The molecule has 1 N–H and O–H groups in total. The van der Waals surface area contributed by atoms with Crippen LogP contribution in [-0.2, 0) is 17.7 Å². The Hall–Kier alpha value is -3.41. The number of benzene rings is 1. The minimum atomic E-state index is -0.490. The first-order chi connectivity index (χ1) is 13.1. The third-order valence-corrected chi connectivity index (χ3v) is 4.85. The zero-order valence-corrected chi connectivity index (χ0v) is 15.2. The molecule has 0 spiro atoms. The van der Waals surface area contributed by atoms with Gasteiger partial charge in [0, 0.05) is 29.8 Å². The van der Waals surface area contributed by atoms with Crippen molar-refractivity contribution in [2.75, 3.05) is 7.11 Å². The molecular formula is C21H19N3O3. The number of pyridine rings is 2. The smallest absolute Gasteiger partial charge is 0.339 e. The number of hydrogen-bond acceptors (Lipinski definition) is 4. The van der Waals surface area contributed by atoms with Gasteiger partial charge in [-0.15, -0.1) is 0 Å². The quantitative estimate of drug-likeness (QED) is 0.566. The second-order valence-electron chi connectivity index (χ2n) is 6.47. The molecule has 136 valence electrons. The van der Waals surface area contributed by atoms with Crippen LogP contribution < -0.4 is 5.56 Å². The molecule has 0 radical (unpaired) electrons. The summed E-state index contributed by atoms with van der Waals surface area (Å²) < 4.78 is 6.44. The molecule has 0 fully saturated rings. The van der Waals surface area contributed by atoms with Gasteiger partial charge < -0.3 is 14.3 Å². The molecule has 0 saturated carbocycles. The van der Waals surface area contributed by atoms with E-state index in [1.54, 1.807) is 29.8 Å². The fourth-order valence-corrected chi connectivity index (χ4v) is 3.38. The van der Waals surface area contributed by atoms with Crippen molar-refractivity contribution in [3.8, 4) is 0 Å². The normalized spacial score (nSPS) is 11.2. The van der Waals surface area contributed by atoms with Crippen molar-refractivity contribution >= 4 is 27.8 Å². The lowest BCUT2D eigenvalue weighted by molar-refractivity contribution is 0.0599. The van der Waals surface area contributed by atoms with E-state index in [0.717, 1.165) is 22.9 Å². The molecule has 0 aliphatic carbocycles. The van der Waals surface area contributed by atoms with Crippen LogP contribution in [0.25, 0.3) is 21.8 Å². The van der Waals surface area contributed by atoms with Crippen LogP contribution in [0.5, 0.6) is 0 Å². The van der Waals surface area contributed by atoms with Gasteiger partial charge in [0.25, 0.3) is 5.56 Å². The summed E-state index contributed by atoms with van der Waals surface area (Å²) >= 11 is 0. The maximum atomic E-state index is 12.9. The van der Waals surface area contributed by atoms with Gasteiger partial charge in [0.15, 0.2) is 0 Å². The average Bonchev–Trinajstić information content (AvgIpc) is 3.10. The number of aryl methyl sites for hydroxylation is 3. The largest absolute Gasteiger partial charge is 0.465 e. The highest BCUT2D eigenvalue weighted by molar-refractivity contribution is 5.94. The second-order valence-corrected chi connectivity index (χ2v) is 6.47. The number of esters is 1. The van der Waals surface area contributed by atoms with Crippen LogP contribution in [0.2, 0.25) is 0 Å². The minimum absolute atomic E-state index is 0.162. The van der Waals surface area contributed by atoms with E-state index in [1.807, 2.05) is 24.4 Å². The Balaban J connectivity index is 1.70. The molecule has 0 saturated heterocycles. The lowest BCUT2D eigenvalue weighted by Crippen LogP contribution is -2.21. The highest BCUT2D eigenvalue weighted by Crippen LogP contribution is 2.19. The van der Waals surface area contributed by atoms with Crippen molar-refractivity contribution < 1.29 is 9.53 Å². The summed E-state index contributed by atoms with van der Waals surface area (Å²) in [5.41, 5.74) is 3.52. The molecule has 0 aliphatic rings. The molecule has 3 heterocycles. The lowest BCUT2D eigenvalue weighted by Gasteiger charge is -2.09. The summed E-state index contributed by atoms with van der Waals surface area (Å²) in [6.45, 7) is 2.27. The Labute approximate surface area is 155 Å². The highest BCUT2D eigenvalue weighted by atomic mass is 16.5. The van der Waals surface area contributed by atoms with Crippen LogP contribution in [-0.4, -0.2) is 27.6 Å². The number of rotatable bonds is 4. The average molecular weight is 361 g/mol. The van der Waals surface area contributed by atoms with Crippen LogP contribution >= 0.6 is 0 Å². The molecule has 6 heteroatoms. The summed E-state index contributed by atoms with van der Waals surface area (Å²) in [5.74, 6) is -0.490. The Morgan fingerprint density at radius 3 is 2.85 bits per heavy atom. The van der Waals surface area contributed by atoms with E-state index in [2.05, 4.69) is 16.0 Å². The SMILES string of the molecule is COC(=O)c1cc2c(=O)n(CCc3c[nH]c4ccccc34)ccc2nc1C. The Morgan fingerprint density at radius 2 is 2.04 bits per heavy atom. The number of aromatic amines is 1. The van der Waals surface area contributed by atoms with Crippen LogP contribution in [0, 0.1) is 6.92 Å². The predicted molar refractivity (Wildman–Crippen MR) is 104 cm³/mol. The Kier molecular flexibility index (Phi) is 4.24. The van der Waals surface area contributed by atoms with E-state index in [-0.39, 0.29) is 5.56 Å². The summed E-state index contributed by atoms with van der Waals surface area (Å²) in [5, 5.41) is 1.58. The summed E-state index contributed by atoms with van der Waals surface area (Å²) in [7, 11) is 1.32. The van der Waals surface area contributed by atoms with E-state index in [9.17, 15) is 9.59 Å². The van der Waals surface area contributed by atoms with Crippen molar-refractivity contribution in [3.05, 3.63) is 76.0 Å². The molecule has 0 unspecified atom stereocenters. The van der Waals surface area contributed by atoms with Crippen molar-refractivity contribution in [2.45, 2.75) is 19.9 Å². The number of H-pyrrole nitrogens is 1. The molecule has 1 aromatic carbocycles. The lowest BCUT2D eigenvalue weighted by atomic mass is 10.1. The number of carbonyl (C=O) groups excluding carboxylic acids is 1. The van der Waals surface area contributed by atoms with Gasteiger partial charge in [-0.25, -0.2) is 4.79 Å². The van der Waals surface area contributed by atoms with E-state index in [1.165, 1.54) is 7.11 Å². The molecule has 4 rings (SSSR count). The highest BCUT2D eigenvalue weighted by Gasteiger charge is 2.14. The fourth-order valence-electron chi connectivity index (χ4n) is 3.38. The molecule has 3 aromatic heterocycles. The van der Waals surface area contributed by atoms with Crippen LogP contribution in [0.15, 0.2) is 53.6 Å². The first-order valence-corrected chi connectivity index (χ1v) is 8.72. The van der Waals surface area contributed by atoms with E-state index >= 15 is 0 Å². The first-order valence-electron chi connectivity index (χ1n) is 8.72. The molecule has 0 aliphatic heterocycles. The summed E-state index contributed by atoms with van der Waals surface area (Å²) in [6.07, 6.45) is 4.46. The van der Waals surface area contributed by atoms with E-state index < -0.39 is 5.97 Å². The van der Waals surface area contributed by atoms with Crippen LogP contribution in [0.1, 0.15) is 21.6 Å². The number of methoxy groups -OCH3 is 1. The Morgan fingerprint density at radius 1 is 1.22 bits per heavy atom. The van der Waals surface area contributed by atoms with Gasteiger partial charge in [-0.2, -0.15) is 0 Å². The maximum absolute atomic E-state index is 12.9. The van der Waals surface area contributed by atoms with E-state index in [0.29, 0.717) is 28.7 Å². The summed E-state index contributed by atoms with van der Waals surface area (Å²) in [4.78, 5) is 32.4. The second kappa shape index (κ2) is 6.72. The Bertz CT molecular complexity index is 1220. The zero-order valence-electron chi connectivity index (χ0n) is 15.2. The van der Waals surface area contributed by atoms with Gasteiger partial charge in [-0.05, 0) is 37.1 Å². The topological polar surface area (TPSA) is 77.0 Å². The molecule has 27 heavy (non-hydrogen) atoms. The molecule has 6 nitrogen and oxygen atoms in total. The van der Waals surface area contributed by atoms with Gasteiger partial charge in [0.2, 0.25) is 0 Å². The number of nitrogens with zero attached hydrogens (tertiary/aromatic N) is 2. The van der Waals surface area contributed by atoms with Gasteiger partial charge in [-0.3, -0.25) is 9.78 Å². The third-order valence-electron chi connectivity index (χ3n) is 4.85. The number of carbonyl (C=O) groups is 1. The summed E-state index contributed by atoms with van der Waals surface area (Å²) in [6, 6.07) is 11.5. The zero-order chi connectivity index (χ0) is 19.0. The third kappa shape index (κ3) is 2.99. The van der Waals surface area contributed by atoms with Crippen LogP contribution in [0.3, 0.4) is 0 Å². The fraction of sp³-hybridized carbons (Fsp3) is 0.190. The number of aromatic nitrogens is 3. The van der Waals surface area contributed by atoms with Crippen molar-refractivity contribution in [1.82, 2.24) is 14.5 Å². The number of ether oxygens (including phenoxy) is 1. The van der Waals surface area contributed by atoms with Gasteiger partial charge in [0.05, 0.1) is 29.3 Å². The first kappa shape index (κ1) is 17.0. The maximum Gasteiger partial charge on any atom is 0.339 e. The van der Waals surface area contributed by atoms with Gasteiger partial charge >= 0.3 is 5.97 Å². The van der Waals surface area contributed by atoms with E-state index in [4.69, 9.17) is 4.74 Å². The van der Waals surface area contributed by atoms with Gasteiger partial charge in [0.1, 0.15) is 0 Å². The molecule has 4 aromatic rings. The van der Waals surface area contributed by atoms with Crippen LogP contribution in [0.4, 0.5) is 0 Å². The molecule has 0 atom stereocenters.